The van der Waals surface area contributed by atoms with Crippen LogP contribution in [0.5, 0.6) is 0 Å². The first-order valence-corrected chi connectivity index (χ1v) is 14.3. The standard InChI is InChI=1S/C23H27N5O5S2/c1-3-33-23(30)27-9-7-26(8-10-27)22(29)17-13-18(19-5-4-11-34-19)24-21-20(17)15(2)25-28(21)16-6-12-35(31,32)14-16/h4-5,11,13,16H,3,6-10,12,14H2,1-2H3. The van der Waals surface area contributed by atoms with Gasteiger partial charge in [-0.3, -0.25) is 4.79 Å². The number of ether oxygens (including phenoxy) is 1. The van der Waals surface area contributed by atoms with E-state index in [2.05, 4.69) is 5.10 Å². The van der Waals surface area contributed by atoms with Crippen LogP contribution in [0.4, 0.5) is 4.79 Å². The van der Waals surface area contributed by atoms with Crippen molar-refractivity contribution in [2.24, 2.45) is 0 Å². The molecule has 3 aromatic heterocycles. The van der Waals surface area contributed by atoms with Gasteiger partial charge in [0.2, 0.25) is 0 Å². The number of pyridine rings is 1. The highest BCUT2D eigenvalue weighted by Crippen LogP contribution is 2.33. The summed E-state index contributed by atoms with van der Waals surface area (Å²) < 4.78 is 31.1. The molecule has 35 heavy (non-hydrogen) atoms. The molecule has 2 amide bonds. The van der Waals surface area contributed by atoms with Crippen molar-refractivity contribution >= 4 is 44.2 Å². The lowest BCUT2D eigenvalue weighted by Gasteiger charge is -2.34. The molecule has 2 aliphatic rings. The minimum atomic E-state index is -3.12. The molecule has 1 atom stereocenters. The summed E-state index contributed by atoms with van der Waals surface area (Å²) in [4.78, 5) is 34.9. The molecule has 0 aromatic carbocycles. The van der Waals surface area contributed by atoms with E-state index in [-0.39, 0.29) is 29.5 Å². The van der Waals surface area contributed by atoms with Crippen molar-refractivity contribution in [3.05, 3.63) is 34.8 Å². The third-order valence-corrected chi connectivity index (χ3v) is 9.13. The maximum absolute atomic E-state index is 13.8. The molecular formula is C23H27N5O5S2. The Kier molecular flexibility index (Phi) is 6.26. The van der Waals surface area contributed by atoms with Crippen LogP contribution in [0.25, 0.3) is 21.6 Å². The van der Waals surface area contributed by atoms with Crippen molar-refractivity contribution in [3.63, 3.8) is 0 Å². The topological polar surface area (TPSA) is 115 Å². The Morgan fingerprint density at radius 2 is 1.94 bits per heavy atom. The molecule has 3 aromatic rings. The van der Waals surface area contributed by atoms with Gasteiger partial charge in [-0.2, -0.15) is 5.10 Å². The minimum absolute atomic E-state index is 0.0211. The maximum Gasteiger partial charge on any atom is 0.409 e. The van der Waals surface area contributed by atoms with E-state index in [1.54, 1.807) is 27.5 Å². The Hall–Kier alpha value is -2.99. The monoisotopic (exact) mass is 517 g/mol. The predicted molar refractivity (Wildman–Crippen MR) is 132 cm³/mol. The van der Waals surface area contributed by atoms with Crippen LogP contribution in [0.2, 0.25) is 0 Å². The minimum Gasteiger partial charge on any atom is -0.450 e. The lowest BCUT2D eigenvalue weighted by Crippen LogP contribution is -2.50. The predicted octanol–water partition coefficient (Wildman–Crippen LogP) is 2.74. The number of carbonyl (C=O) groups is 2. The van der Waals surface area contributed by atoms with Gasteiger partial charge in [0.25, 0.3) is 5.91 Å². The highest BCUT2D eigenvalue weighted by atomic mass is 32.2. The molecule has 0 bridgehead atoms. The second-order valence-electron chi connectivity index (χ2n) is 8.80. The van der Waals surface area contributed by atoms with Gasteiger partial charge in [0.15, 0.2) is 15.5 Å². The molecule has 0 aliphatic carbocycles. The molecule has 2 saturated heterocycles. The number of amides is 2. The number of hydrogen-bond acceptors (Lipinski definition) is 8. The Morgan fingerprint density at radius 3 is 2.57 bits per heavy atom. The third-order valence-electron chi connectivity index (χ3n) is 6.49. The zero-order valence-electron chi connectivity index (χ0n) is 19.6. The van der Waals surface area contributed by atoms with Crippen molar-refractivity contribution in [2.45, 2.75) is 26.3 Å². The lowest BCUT2D eigenvalue weighted by molar-refractivity contribution is 0.0572. The molecule has 0 radical (unpaired) electrons. The first-order chi connectivity index (χ1) is 16.8. The van der Waals surface area contributed by atoms with Gasteiger partial charge in [-0.15, -0.1) is 11.3 Å². The van der Waals surface area contributed by atoms with E-state index in [9.17, 15) is 18.0 Å². The molecule has 1 unspecified atom stereocenters. The van der Waals surface area contributed by atoms with Gasteiger partial charge in [0, 0.05) is 26.2 Å². The largest absolute Gasteiger partial charge is 0.450 e. The fraction of sp³-hybridized carbons (Fsp3) is 0.478. The number of carbonyl (C=O) groups excluding carboxylic acids is 2. The number of hydrogen-bond donors (Lipinski definition) is 0. The van der Waals surface area contributed by atoms with Gasteiger partial charge in [-0.1, -0.05) is 6.07 Å². The van der Waals surface area contributed by atoms with Gasteiger partial charge >= 0.3 is 6.09 Å². The highest BCUT2D eigenvalue weighted by molar-refractivity contribution is 7.91. The Morgan fingerprint density at radius 1 is 1.20 bits per heavy atom. The van der Waals surface area contributed by atoms with Crippen LogP contribution in [-0.2, 0) is 14.6 Å². The average Bonchev–Trinajstić information content (AvgIpc) is 3.58. The quantitative estimate of drug-likeness (QED) is 0.523. The van der Waals surface area contributed by atoms with E-state index in [4.69, 9.17) is 9.72 Å². The molecule has 0 N–H and O–H groups in total. The molecule has 0 spiro atoms. The maximum atomic E-state index is 13.8. The van der Waals surface area contributed by atoms with E-state index in [0.29, 0.717) is 67.2 Å². The summed E-state index contributed by atoms with van der Waals surface area (Å²) in [6.07, 6.45) is 0.109. The molecule has 0 saturated carbocycles. The van der Waals surface area contributed by atoms with Crippen molar-refractivity contribution in [3.8, 4) is 10.6 Å². The van der Waals surface area contributed by atoms with Gasteiger partial charge in [0.1, 0.15) is 0 Å². The fourth-order valence-corrected chi connectivity index (χ4v) is 7.11. The van der Waals surface area contributed by atoms with Crippen LogP contribution in [0.1, 0.15) is 35.4 Å². The molecule has 12 heteroatoms. The zero-order valence-corrected chi connectivity index (χ0v) is 21.3. The Labute approximate surface area is 207 Å². The van der Waals surface area contributed by atoms with Crippen molar-refractivity contribution < 1.29 is 22.7 Å². The van der Waals surface area contributed by atoms with E-state index in [0.717, 1.165) is 4.88 Å². The van der Waals surface area contributed by atoms with Gasteiger partial charge in [-0.25, -0.2) is 22.9 Å². The van der Waals surface area contributed by atoms with Crippen molar-refractivity contribution in [1.82, 2.24) is 24.6 Å². The van der Waals surface area contributed by atoms with Crippen LogP contribution in [0.15, 0.2) is 23.6 Å². The molecule has 2 aliphatic heterocycles. The summed E-state index contributed by atoms with van der Waals surface area (Å²) in [5, 5.41) is 7.25. The molecule has 5 rings (SSSR count). The van der Waals surface area contributed by atoms with Crippen LogP contribution in [0.3, 0.4) is 0 Å². The number of rotatable bonds is 4. The summed E-state index contributed by atoms with van der Waals surface area (Å²) in [5.41, 5.74) is 2.32. The second kappa shape index (κ2) is 9.23. The Bertz CT molecular complexity index is 1370. The van der Waals surface area contributed by atoms with E-state index < -0.39 is 9.84 Å². The SMILES string of the molecule is CCOC(=O)N1CCN(C(=O)c2cc(-c3cccs3)nc3c2c(C)nn3C2CCS(=O)(=O)C2)CC1. The van der Waals surface area contributed by atoms with Crippen LogP contribution in [0, 0.1) is 6.92 Å². The Balaban J connectivity index is 1.53. The molecule has 10 nitrogen and oxygen atoms in total. The van der Waals surface area contributed by atoms with Crippen LogP contribution < -0.4 is 0 Å². The van der Waals surface area contributed by atoms with Crippen LogP contribution >= 0.6 is 11.3 Å². The number of fused-ring (bicyclic) bond motifs is 1. The van der Waals surface area contributed by atoms with Gasteiger partial charge in [-0.05, 0) is 37.8 Å². The number of thiophene rings is 1. The van der Waals surface area contributed by atoms with E-state index in [1.165, 1.54) is 11.3 Å². The smallest absolute Gasteiger partial charge is 0.409 e. The zero-order chi connectivity index (χ0) is 24.7. The van der Waals surface area contributed by atoms with Gasteiger partial charge in [0.05, 0.1) is 51.4 Å². The molecule has 186 valence electrons. The average molecular weight is 518 g/mol. The molecule has 2 fully saturated rings. The normalized spacial score (nSPS) is 19.9. The number of sulfone groups is 1. The molecule has 5 heterocycles. The highest BCUT2D eigenvalue weighted by Gasteiger charge is 2.33. The first-order valence-electron chi connectivity index (χ1n) is 11.6. The number of piperazine rings is 1. The van der Waals surface area contributed by atoms with Crippen LogP contribution in [-0.4, -0.2) is 89.3 Å². The van der Waals surface area contributed by atoms with E-state index in [1.807, 2.05) is 24.4 Å². The number of aryl methyl sites for hydroxylation is 1. The number of aromatic nitrogens is 3. The van der Waals surface area contributed by atoms with Gasteiger partial charge < -0.3 is 14.5 Å². The summed E-state index contributed by atoms with van der Waals surface area (Å²) >= 11 is 1.52. The van der Waals surface area contributed by atoms with E-state index >= 15 is 0 Å². The fourth-order valence-electron chi connectivity index (χ4n) is 4.73. The first kappa shape index (κ1) is 23.7. The third kappa shape index (κ3) is 4.52. The van der Waals surface area contributed by atoms with Crippen molar-refractivity contribution in [1.29, 1.82) is 0 Å². The number of nitrogens with zero attached hydrogens (tertiary/aromatic N) is 5. The lowest BCUT2D eigenvalue weighted by atomic mass is 10.1. The summed E-state index contributed by atoms with van der Waals surface area (Å²) in [7, 11) is -3.12. The molecular weight excluding hydrogens is 490 g/mol. The summed E-state index contributed by atoms with van der Waals surface area (Å²) in [5.74, 6) is -0.00712. The van der Waals surface area contributed by atoms with Crippen molar-refractivity contribution in [2.75, 3.05) is 44.3 Å². The second-order valence-corrected chi connectivity index (χ2v) is 12.0. The summed E-state index contributed by atoms with van der Waals surface area (Å²) in [6.45, 7) is 5.48. The summed E-state index contributed by atoms with van der Waals surface area (Å²) in [6, 6.07) is 5.37.